The Hall–Kier alpha value is -2.23. The van der Waals surface area contributed by atoms with E-state index < -0.39 is 17.7 Å². The van der Waals surface area contributed by atoms with Crippen LogP contribution in [-0.4, -0.2) is 18.2 Å². The number of nitriles is 1. The molecule has 0 bridgehead atoms. The number of amides is 1. The molecule has 1 amide bonds. The van der Waals surface area contributed by atoms with E-state index in [2.05, 4.69) is 15.3 Å². The minimum atomic E-state index is -0.611. The highest BCUT2D eigenvalue weighted by Gasteiger charge is 2.21. The first-order valence-corrected chi connectivity index (χ1v) is 6.72. The molecule has 0 aliphatic heterocycles. The van der Waals surface area contributed by atoms with Crippen LogP contribution >= 0.6 is 11.3 Å². The summed E-state index contributed by atoms with van der Waals surface area (Å²) in [6.45, 7) is 5.33. The van der Waals surface area contributed by atoms with Crippen molar-refractivity contribution in [2.45, 2.75) is 32.4 Å². The number of carbonyl (C=O) groups is 1. The van der Waals surface area contributed by atoms with E-state index >= 15 is 0 Å². The summed E-state index contributed by atoms with van der Waals surface area (Å²) < 4.78 is 5.16. The smallest absolute Gasteiger partial charge is 0.408 e. The van der Waals surface area contributed by atoms with Crippen LogP contribution in [0.3, 0.4) is 0 Å². The van der Waals surface area contributed by atoms with E-state index in [1.54, 1.807) is 32.2 Å². The Morgan fingerprint density at radius 3 is 2.90 bits per heavy atom. The van der Waals surface area contributed by atoms with Gasteiger partial charge in [-0.3, -0.25) is 0 Å². The highest BCUT2D eigenvalue weighted by molar-refractivity contribution is 7.10. The lowest BCUT2D eigenvalue weighted by molar-refractivity contribution is 0.0506. The van der Waals surface area contributed by atoms with E-state index in [-0.39, 0.29) is 6.54 Å². The summed E-state index contributed by atoms with van der Waals surface area (Å²) in [5.41, 5.74) is 8.29. The predicted molar refractivity (Wildman–Crippen MR) is 75.2 cm³/mol. The van der Waals surface area contributed by atoms with Crippen molar-refractivity contribution in [2.24, 2.45) is 5.11 Å². The van der Waals surface area contributed by atoms with Crippen LogP contribution in [-0.2, 0) is 4.74 Å². The molecule has 1 atom stereocenters. The van der Waals surface area contributed by atoms with Crippen LogP contribution in [0.1, 0.15) is 37.3 Å². The van der Waals surface area contributed by atoms with Crippen LogP contribution < -0.4 is 5.32 Å². The third kappa shape index (κ3) is 5.18. The number of rotatable bonds is 4. The fourth-order valence-electron chi connectivity index (χ4n) is 1.37. The number of hydrogen-bond donors (Lipinski definition) is 1. The van der Waals surface area contributed by atoms with Crippen LogP contribution in [0.4, 0.5) is 4.79 Å². The van der Waals surface area contributed by atoms with Gasteiger partial charge in [-0.05, 0) is 32.4 Å². The maximum atomic E-state index is 11.8. The second-order valence-corrected chi connectivity index (χ2v) is 5.90. The summed E-state index contributed by atoms with van der Waals surface area (Å²) in [5.74, 6) is 0. The summed E-state index contributed by atoms with van der Waals surface area (Å²) in [7, 11) is 0. The number of carbonyl (C=O) groups excluding carboxylic acids is 1. The molecule has 0 saturated carbocycles. The molecule has 106 valence electrons. The molecule has 0 aliphatic carbocycles. The standard InChI is InChI=1S/C12H15N5O2S/c1-12(2,3)19-11(18)16-9(6-15-17-14)10-4-8(5-13)7-20-10/h4,7,9H,6H2,1-3H3,(H,16,18). The molecule has 0 radical (unpaired) electrons. The number of ether oxygens (including phenoxy) is 1. The second kappa shape index (κ2) is 6.80. The lowest BCUT2D eigenvalue weighted by Gasteiger charge is -2.22. The molecule has 20 heavy (non-hydrogen) atoms. The van der Waals surface area contributed by atoms with Crippen molar-refractivity contribution in [3.63, 3.8) is 0 Å². The van der Waals surface area contributed by atoms with Crippen molar-refractivity contribution in [1.82, 2.24) is 5.32 Å². The van der Waals surface area contributed by atoms with Gasteiger partial charge in [0.1, 0.15) is 11.7 Å². The fraction of sp³-hybridized carbons (Fsp3) is 0.500. The third-order valence-electron chi connectivity index (χ3n) is 2.11. The SMILES string of the molecule is CC(C)(C)OC(=O)NC(CN=[N+]=[N-])c1cc(C#N)cs1. The molecular weight excluding hydrogens is 278 g/mol. The maximum Gasteiger partial charge on any atom is 0.408 e. The van der Waals surface area contributed by atoms with E-state index in [9.17, 15) is 4.79 Å². The quantitative estimate of drug-likeness (QED) is 0.521. The van der Waals surface area contributed by atoms with Crippen molar-refractivity contribution in [2.75, 3.05) is 6.54 Å². The Morgan fingerprint density at radius 1 is 1.70 bits per heavy atom. The normalized spacial score (nSPS) is 11.9. The molecule has 0 fully saturated rings. The Bertz CT molecular complexity index is 563. The van der Waals surface area contributed by atoms with E-state index in [0.717, 1.165) is 4.88 Å². The number of azide groups is 1. The Kier molecular flexibility index (Phi) is 5.38. The Morgan fingerprint density at radius 2 is 2.40 bits per heavy atom. The minimum absolute atomic E-state index is 0.0567. The molecular formula is C12H15N5O2S. The fourth-order valence-corrected chi connectivity index (χ4v) is 2.25. The highest BCUT2D eigenvalue weighted by Crippen LogP contribution is 2.23. The largest absolute Gasteiger partial charge is 0.444 e. The number of nitrogens with one attached hydrogen (secondary N) is 1. The Balaban J connectivity index is 2.82. The van der Waals surface area contributed by atoms with Crippen LogP contribution in [0.2, 0.25) is 0 Å². The summed E-state index contributed by atoms with van der Waals surface area (Å²) in [5, 5.41) is 16.6. The van der Waals surface area contributed by atoms with Gasteiger partial charge in [-0.1, -0.05) is 5.11 Å². The molecule has 1 unspecified atom stereocenters. The summed E-state index contributed by atoms with van der Waals surface area (Å²) in [6, 6.07) is 3.16. The van der Waals surface area contributed by atoms with Crippen LogP contribution in [0, 0.1) is 11.3 Å². The van der Waals surface area contributed by atoms with E-state index in [0.29, 0.717) is 5.56 Å². The number of alkyl carbamates (subject to hydrolysis) is 1. The zero-order valence-electron chi connectivity index (χ0n) is 11.5. The van der Waals surface area contributed by atoms with Crippen LogP contribution in [0.15, 0.2) is 16.6 Å². The van der Waals surface area contributed by atoms with Gasteiger partial charge in [0.2, 0.25) is 0 Å². The molecule has 1 aromatic heterocycles. The molecule has 1 aromatic rings. The first kappa shape index (κ1) is 15.8. The maximum absolute atomic E-state index is 11.8. The van der Waals surface area contributed by atoms with Gasteiger partial charge < -0.3 is 10.1 Å². The van der Waals surface area contributed by atoms with Crippen molar-refractivity contribution >= 4 is 17.4 Å². The van der Waals surface area contributed by atoms with Crippen LogP contribution in [0.25, 0.3) is 10.4 Å². The molecule has 0 saturated heterocycles. The van der Waals surface area contributed by atoms with Gasteiger partial charge in [0.15, 0.2) is 0 Å². The van der Waals surface area contributed by atoms with Gasteiger partial charge in [0, 0.05) is 15.2 Å². The summed E-state index contributed by atoms with van der Waals surface area (Å²) in [6.07, 6.45) is -0.595. The van der Waals surface area contributed by atoms with Crippen molar-refractivity contribution in [3.05, 3.63) is 32.3 Å². The molecule has 0 spiro atoms. The molecule has 1 N–H and O–H groups in total. The number of thiophene rings is 1. The van der Waals surface area contributed by atoms with Gasteiger partial charge >= 0.3 is 6.09 Å². The molecule has 1 rings (SSSR count). The average molecular weight is 293 g/mol. The highest BCUT2D eigenvalue weighted by atomic mass is 32.1. The van der Waals surface area contributed by atoms with Crippen LogP contribution in [0.5, 0.6) is 0 Å². The number of nitrogens with zero attached hydrogens (tertiary/aromatic N) is 4. The molecule has 8 heteroatoms. The van der Waals surface area contributed by atoms with Crippen molar-refractivity contribution in [3.8, 4) is 6.07 Å². The molecule has 0 aliphatic rings. The minimum Gasteiger partial charge on any atom is -0.444 e. The molecule has 0 aromatic carbocycles. The monoisotopic (exact) mass is 293 g/mol. The van der Waals surface area contributed by atoms with Gasteiger partial charge in [0.25, 0.3) is 0 Å². The lowest BCUT2D eigenvalue weighted by atomic mass is 10.2. The van der Waals surface area contributed by atoms with Gasteiger partial charge in [-0.25, -0.2) is 4.79 Å². The lowest BCUT2D eigenvalue weighted by Crippen LogP contribution is -2.35. The topological polar surface area (TPSA) is 111 Å². The van der Waals surface area contributed by atoms with Gasteiger partial charge in [-0.15, -0.1) is 11.3 Å². The summed E-state index contributed by atoms with van der Waals surface area (Å²) >= 11 is 1.32. The first-order chi connectivity index (χ1) is 9.35. The zero-order valence-corrected chi connectivity index (χ0v) is 12.3. The Labute approximate surface area is 120 Å². The van der Waals surface area contributed by atoms with Gasteiger partial charge in [0.05, 0.1) is 18.2 Å². The zero-order chi connectivity index (χ0) is 15.2. The summed E-state index contributed by atoms with van der Waals surface area (Å²) in [4.78, 5) is 15.2. The average Bonchev–Trinajstić information content (AvgIpc) is 2.80. The van der Waals surface area contributed by atoms with E-state index in [4.69, 9.17) is 15.5 Å². The molecule has 7 nitrogen and oxygen atoms in total. The predicted octanol–water partition coefficient (Wildman–Crippen LogP) is 3.50. The van der Waals surface area contributed by atoms with E-state index in [1.807, 2.05) is 6.07 Å². The van der Waals surface area contributed by atoms with Crippen molar-refractivity contribution in [1.29, 1.82) is 5.26 Å². The van der Waals surface area contributed by atoms with Gasteiger partial charge in [-0.2, -0.15) is 5.26 Å². The molecule has 1 heterocycles. The first-order valence-electron chi connectivity index (χ1n) is 5.84. The second-order valence-electron chi connectivity index (χ2n) is 4.96. The third-order valence-corrected chi connectivity index (χ3v) is 3.16. The van der Waals surface area contributed by atoms with E-state index in [1.165, 1.54) is 11.3 Å². The van der Waals surface area contributed by atoms with Crippen molar-refractivity contribution < 1.29 is 9.53 Å². The number of hydrogen-bond acceptors (Lipinski definition) is 5.